The second-order valence-corrected chi connectivity index (χ2v) is 19.0. The number of esters is 2. The lowest BCUT2D eigenvalue weighted by Crippen LogP contribution is -2.59. The SMILES string of the molecule is CCCCC/C=C\C/C=C\CCCCCCCCCCCC(=O)OC(COC(=O)CCCCCCCCCCCCCCCCCCCCCCC)COC1OC(CO)C(O)C(O)C1O. The number of aliphatic hydroxyl groups is 4. The maximum atomic E-state index is 12.8. The van der Waals surface area contributed by atoms with Crippen molar-refractivity contribution >= 4 is 11.9 Å². The third kappa shape index (κ3) is 36.8. The lowest BCUT2D eigenvalue weighted by molar-refractivity contribution is -0.305. The maximum absolute atomic E-state index is 12.8. The topological polar surface area (TPSA) is 152 Å². The van der Waals surface area contributed by atoms with Gasteiger partial charge in [0, 0.05) is 12.8 Å². The van der Waals surface area contributed by atoms with Crippen LogP contribution < -0.4 is 0 Å². The molecule has 0 aromatic carbocycles. The lowest BCUT2D eigenvalue weighted by Gasteiger charge is -2.39. The smallest absolute Gasteiger partial charge is 0.306 e. The predicted molar refractivity (Wildman–Crippen MR) is 266 cm³/mol. The molecule has 0 aromatic heterocycles. The zero-order chi connectivity index (χ0) is 47.3. The van der Waals surface area contributed by atoms with Gasteiger partial charge in [0.2, 0.25) is 0 Å². The van der Waals surface area contributed by atoms with Gasteiger partial charge in [-0.3, -0.25) is 9.59 Å². The van der Waals surface area contributed by atoms with Crippen molar-refractivity contribution < 1.29 is 49.0 Å². The minimum absolute atomic E-state index is 0.214. The minimum atomic E-state index is -1.59. The molecule has 0 amide bonds. The normalized spacial score (nSPS) is 19.4. The van der Waals surface area contributed by atoms with Crippen LogP contribution in [0.25, 0.3) is 0 Å². The second kappa shape index (κ2) is 45.9. The highest BCUT2D eigenvalue weighted by atomic mass is 16.7. The van der Waals surface area contributed by atoms with Crippen LogP contribution in [0.1, 0.15) is 258 Å². The Kier molecular flexibility index (Phi) is 43.2. The van der Waals surface area contributed by atoms with Crippen LogP contribution in [0.3, 0.4) is 0 Å². The van der Waals surface area contributed by atoms with Crippen molar-refractivity contribution in [2.24, 2.45) is 0 Å². The van der Waals surface area contributed by atoms with Crippen LogP contribution in [-0.4, -0.2) is 89.0 Å². The van der Waals surface area contributed by atoms with Crippen LogP contribution in [0, 0.1) is 0 Å². The third-order valence-electron chi connectivity index (χ3n) is 12.8. The molecule has 4 N–H and O–H groups in total. The fourth-order valence-electron chi connectivity index (χ4n) is 8.52. The standard InChI is InChI=1S/C55H102O10/c1-3-5-7-9-11-13-15-17-19-21-23-24-26-27-29-31-33-35-37-39-41-43-50(57)62-46-48(47-63-55-54(61)53(60)52(59)49(45-56)65-55)64-51(58)44-42-40-38-36-34-32-30-28-25-22-20-18-16-14-12-10-8-6-4-2/h12,14,18,20,48-49,52-56,59-61H,3-11,13,15-17,19,21-47H2,1-2H3/b14-12-,20-18-. The predicted octanol–water partition coefficient (Wildman–Crippen LogP) is 13.2. The fourth-order valence-corrected chi connectivity index (χ4v) is 8.52. The maximum Gasteiger partial charge on any atom is 0.306 e. The molecule has 10 heteroatoms. The van der Waals surface area contributed by atoms with E-state index >= 15 is 0 Å². The van der Waals surface area contributed by atoms with E-state index in [0.717, 1.165) is 51.4 Å². The zero-order valence-corrected chi connectivity index (χ0v) is 42.0. The highest BCUT2D eigenvalue weighted by Crippen LogP contribution is 2.23. The average molecular weight is 923 g/mol. The molecule has 6 atom stereocenters. The molecule has 0 aliphatic carbocycles. The van der Waals surface area contributed by atoms with Crippen LogP contribution in [0.4, 0.5) is 0 Å². The van der Waals surface area contributed by atoms with Gasteiger partial charge < -0.3 is 39.4 Å². The number of ether oxygens (including phenoxy) is 4. The summed E-state index contributed by atoms with van der Waals surface area (Å²) in [6.45, 7) is 3.44. The van der Waals surface area contributed by atoms with E-state index in [-0.39, 0.29) is 32.0 Å². The van der Waals surface area contributed by atoms with Gasteiger partial charge >= 0.3 is 11.9 Å². The number of rotatable bonds is 47. The van der Waals surface area contributed by atoms with Crippen LogP contribution in [-0.2, 0) is 28.5 Å². The number of carbonyl (C=O) groups is 2. The summed E-state index contributed by atoms with van der Waals surface area (Å²) in [6, 6.07) is 0. The summed E-state index contributed by atoms with van der Waals surface area (Å²) in [5, 5.41) is 40.3. The van der Waals surface area contributed by atoms with Gasteiger partial charge in [0.1, 0.15) is 31.0 Å². The molecule has 1 aliphatic rings. The molecule has 1 aliphatic heterocycles. The number of hydrogen-bond acceptors (Lipinski definition) is 10. The molecule has 0 aromatic rings. The Balaban J connectivity index is 2.22. The molecule has 6 unspecified atom stereocenters. The van der Waals surface area contributed by atoms with E-state index in [2.05, 4.69) is 38.2 Å². The summed E-state index contributed by atoms with van der Waals surface area (Å²) in [7, 11) is 0. The van der Waals surface area contributed by atoms with Crippen molar-refractivity contribution in [1.82, 2.24) is 0 Å². The Labute approximate surface area is 398 Å². The largest absolute Gasteiger partial charge is 0.462 e. The first kappa shape index (κ1) is 61.2. The van der Waals surface area contributed by atoms with E-state index in [4.69, 9.17) is 18.9 Å². The molecule has 0 bridgehead atoms. The average Bonchev–Trinajstić information content (AvgIpc) is 3.30. The van der Waals surface area contributed by atoms with Crippen LogP contribution >= 0.6 is 0 Å². The van der Waals surface area contributed by atoms with E-state index in [1.54, 1.807) is 0 Å². The summed E-state index contributed by atoms with van der Waals surface area (Å²) in [5.74, 6) is -0.796. The van der Waals surface area contributed by atoms with Crippen molar-refractivity contribution in [2.45, 2.75) is 295 Å². The van der Waals surface area contributed by atoms with Crippen molar-refractivity contribution in [1.29, 1.82) is 0 Å². The van der Waals surface area contributed by atoms with Gasteiger partial charge in [0.05, 0.1) is 13.2 Å². The van der Waals surface area contributed by atoms with E-state index in [1.165, 1.54) is 173 Å². The highest BCUT2D eigenvalue weighted by Gasteiger charge is 2.44. The molecular formula is C55H102O10. The molecule has 1 rings (SSSR count). The van der Waals surface area contributed by atoms with E-state index in [9.17, 15) is 30.0 Å². The van der Waals surface area contributed by atoms with Crippen molar-refractivity contribution in [3.05, 3.63) is 24.3 Å². The summed E-state index contributed by atoms with van der Waals surface area (Å²) >= 11 is 0. The molecular weight excluding hydrogens is 821 g/mol. The van der Waals surface area contributed by atoms with Crippen molar-refractivity contribution in [3.8, 4) is 0 Å². The number of allylic oxidation sites excluding steroid dienone is 4. The highest BCUT2D eigenvalue weighted by molar-refractivity contribution is 5.70. The van der Waals surface area contributed by atoms with E-state index < -0.39 is 49.4 Å². The molecule has 0 radical (unpaired) electrons. The van der Waals surface area contributed by atoms with Crippen molar-refractivity contribution in [2.75, 3.05) is 19.8 Å². The van der Waals surface area contributed by atoms with Gasteiger partial charge in [-0.2, -0.15) is 0 Å². The second-order valence-electron chi connectivity index (χ2n) is 19.0. The lowest BCUT2D eigenvalue weighted by atomic mass is 9.99. The van der Waals surface area contributed by atoms with Gasteiger partial charge in [-0.25, -0.2) is 0 Å². The Morgan fingerprint density at radius 1 is 0.477 bits per heavy atom. The number of unbranched alkanes of at least 4 members (excludes halogenated alkanes) is 32. The Hall–Kier alpha value is -1.82. The minimum Gasteiger partial charge on any atom is -0.462 e. The number of hydrogen-bond donors (Lipinski definition) is 4. The number of aliphatic hydroxyl groups excluding tert-OH is 4. The molecule has 1 heterocycles. The first-order valence-corrected chi connectivity index (χ1v) is 27.4. The Bertz CT molecular complexity index is 1110. The third-order valence-corrected chi connectivity index (χ3v) is 12.8. The monoisotopic (exact) mass is 923 g/mol. The first-order valence-electron chi connectivity index (χ1n) is 27.4. The molecule has 0 spiro atoms. The van der Waals surface area contributed by atoms with Crippen molar-refractivity contribution in [3.63, 3.8) is 0 Å². The molecule has 65 heavy (non-hydrogen) atoms. The molecule has 10 nitrogen and oxygen atoms in total. The molecule has 382 valence electrons. The number of carbonyl (C=O) groups excluding carboxylic acids is 2. The summed E-state index contributed by atoms with van der Waals surface area (Å²) in [5.41, 5.74) is 0. The summed E-state index contributed by atoms with van der Waals surface area (Å²) < 4.78 is 22.3. The molecule has 0 saturated carbocycles. The van der Waals surface area contributed by atoms with Crippen LogP contribution in [0.2, 0.25) is 0 Å². The summed E-state index contributed by atoms with van der Waals surface area (Å²) in [4.78, 5) is 25.5. The molecule has 1 saturated heterocycles. The Morgan fingerprint density at radius 2 is 0.862 bits per heavy atom. The van der Waals surface area contributed by atoms with E-state index in [0.29, 0.717) is 6.42 Å². The fraction of sp³-hybridized carbons (Fsp3) is 0.891. The van der Waals surface area contributed by atoms with Gasteiger partial charge in [-0.05, 0) is 44.9 Å². The van der Waals surface area contributed by atoms with Gasteiger partial charge in [0.15, 0.2) is 12.4 Å². The van der Waals surface area contributed by atoms with Gasteiger partial charge in [0.25, 0.3) is 0 Å². The molecule has 1 fully saturated rings. The van der Waals surface area contributed by atoms with Gasteiger partial charge in [-0.1, -0.05) is 224 Å². The van der Waals surface area contributed by atoms with E-state index in [1.807, 2.05) is 0 Å². The Morgan fingerprint density at radius 3 is 1.31 bits per heavy atom. The van der Waals surface area contributed by atoms with Crippen LogP contribution in [0.15, 0.2) is 24.3 Å². The van der Waals surface area contributed by atoms with Gasteiger partial charge in [-0.15, -0.1) is 0 Å². The quantitative estimate of drug-likeness (QED) is 0.0264. The first-order chi connectivity index (χ1) is 31.8. The zero-order valence-electron chi connectivity index (χ0n) is 42.0. The summed E-state index contributed by atoms with van der Waals surface area (Å²) in [6.07, 6.45) is 46.1. The van der Waals surface area contributed by atoms with Crippen LogP contribution in [0.5, 0.6) is 0 Å².